The number of anilines is 1. The minimum atomic E-state index is -0.815. The van der Waals surface area contributed by atoms with Gasteiger partial charge in [0.05, 0.1) is 22.8 Å². The van der Waals surface area contributed by atoms with Crippen LogP contribution in [0.25, 0.3) is 0 Å². The average molecular weight is 306 g/mol. The summed E-state index contributed by atoms with van der Waals surface area (Å²) in [6.45, 7) is 0.0229. The van der Waals surface area contributed by atoms with Gasteiger partial charge in [-0.1, -0.05) is 23.7 Å². The maximum absolute atomic E-state index is 14.0. The fourth-order valence-corrected chi connectivity index (χ4v) is 2.53. The van der Waals surface area contributed by atoms with Crippen LogP contribution >= 0.6 is 11.6 Å². The van der Waals surface area contributed by atoms with Crippen molar-refractivity contribution >= 4 is 29.0 Å². The van der Waals surface area contributed by atoms with E-state index in [1.54, 1.807) is 12.1 Å². The second-order valence-electron chi connectivity index (χ2n) is 4.64. The molecule has 0 spiro atoms. The van der Waals surface area contributed by atoms with Crippen molar-refractivity contribution in [3.63, 3.8) is 0 Å². The van der Waals surface area contributed by atoms with Gasteiger partial charge in [-0.2, -0.15) is 0 Å². The fraction of sp³-hybridized carbons (Fsp3) is 0.0667. The Balaban J connectivity index is 2.05. The van der Waals surface area contributed by atoms with Gasteiger partial charge in [0.25, 0.3) is 11.7 Å². The number of aromatic hydroxyl groups is 1. The molecule has 0 radical (unpaired) electrons. The Hall–Kier alpha value is -2.40. The highest BCUT2D eigenvalue weighted by atomic mass is 35.5. The highest BCUT2D eigenvalue weighted by Gasteiger charge is 2.39. The van der Waals surface area contributed by atoms with Crippen LogP contribution in [0.15, 0.2) is 36.4 Å². The lowest BCUT2D eigenvalue weighted by Crippen LogP contribution is -2.29. The Morgan fingerprint density at radius 3 is 2.43 bits per heavy atom. The SMILES string of the molecule is O=C1C(=O)N(Cc2ccc(O)cc2)c2c(F)ccc(Cl)c21. The zero-order chi connectivity index (χ0) is 15.1. The van der Waals surface area contributed by atoms with Gasteiger partial charge in [-0.15, -0.1) is 0 Å². The summed E-state index contributed by atoms with van der Waals surface area (Å²) in [7, 11) is 0. The average Bonchev–Trinajstić information content (AvgIpc) is 2.71. The Kier molecular flexibility index (Phi) is 3.14. The number of hydrogen-bond donors (Lipinski definition) is 1. The first-order valence-corrected chi connectivity index (χ1v) is 6.49. The first-order valence-electron chi connectivity index (χ1n) is 6.11. The number of phenols is 1. The van der Waals surface area contributed by atoms with E-state index in [4.69, 9.17) is 11.6 Å². The molecule has 4 nitrogen and oxygen atoms in total. The van der Waals surface area contributed by atoms with Crippen LogP contribution in [0.1, 0.15) is 15.9 Å². The normalized spacial score (nSPS) is 13.7. The van der Waals surface area contributed by atoms with E-state index in [2.05, 4.69) is 0 Å². The predicted molar refractivity (Wildman–Crippen MR) is 75.0 cm³/mol. The molecule has 0 aliphatic carbocycles. The van der Waals surface area contributed by atoms with Crippen LogP contribution in [0.3, 0.4) is 0 Å². The molecule has 106 valence electrons. The summed E-state index contributed by atoms with van der Waals surface area (Å²) in [5.41, 5.74) is 0.465. The molecule has 2 aromatic rings. The first kappa shape index (κ1) is 13.6. The molecule has 0 saturated carbocycles. The number of hydrogen-bond acceptors (Lipinski definition) is 3. The lowest BCUT2D eigenvalue weighted by atomic mass is 10.1. The Labute approximate surface area is 124 Å². The molecule has 6 heteroatoms. The van der Waals surface area contributed by atoms with Gasteiger partial charge >= 0.3 is 0 Å². The molecule has 3 rings (SSSR count). The maximum atomic E-state index is 14.0. The molecule has 21 heavy (non-hydrogen) atoms. The fourth-order valence-electron chi connectivity index (χ4n) is 2.29. The summed E-state index contributed by atoms with van der Waals surface area (Å²) in [6, 6.07) is 8.46. The summed E-state index contributed by atoms with van der Waals surface area (Å²) in [5.74, 6) is -2.22. The molecule has 0 saturated heterocycles. The minimum Gasteiger partial charge on any atom is -0.508 e. The van der Waals surface area contributed by atoms with Crippen molar-refractivity contribution in [2.75, 3.05) is 4.90 Å². The lowest BCUT2D eigenvalue weighted by molar-refractivity contribution is -0.114. The van der Waals surface area contributed by atoms with E-state index in [9.17, 15) is 19.1 Å². The topological polar surface area (TPSA) is 57.6 Å². The van der Waals surface area contributed by atoms with Gasteiger partial charge in [-0.25, -0.2) is 4.39 Å². The van der Waals surface area contributed by atoms with E-state index in [-0.39, 0.29) is 28.6 Å². The van der Waals surface area contributed by atoms with Crippen LogP contribution in [0, 0.1) is 5.82 Å². The van der Waals surface area contributed by atoms with Gasteiger partial charge in [0.15, 0.2) is 0 Å². The number of amides is 1. The molecule has 1 aliphatic heterocycles. The van der Waals surface area contributed by atoms with Crippen LogP contribution in [-0.2, 0) is 11.3 Å². The summed E-state index contributed by atoms with van der Waals surface area (Å²) in [4.78, 5) is 25.0. The number of ketones is 1. The molecule has 0 fully saturated rings. The third kappa shape index (κ3) is 2.15. The zero-order valence-corrected chi connectivity index (χ0v) is 11.4. The van der Waals surface area contributed by atoms with Crippen molar-refractivity contribution in [1.29, 1.82) is 0 Å². The molecule has 0 atom stereocenters. The number of benzene rings is 2. The molecule has 1 N–H and O–H groups in total. The van der Waals surface area contributed by atoms with E-state index in [0.717, 1.165) is 11.0 Å². The van der Waals surface area contributed by atoms with Gasteiger partial charge in [-0.05, 0) is 29.8 Å². The van der Waals surface area contributed by atoms with Gasteiger partial charge in [0.2, 0.25) is 0 Å². The highest BCUT2D eigenvalue weighted by molar-refractivity contribution is 6.55. The molecular formula is C15H9ClFNO3. The standard InChI is InChI=1S/C15H9ClFNO3/c16-10-5-6-11(17)13-12(10)14(20)15(21)18(13)7-8-1-3-9(19)4-2-8/h1-6,19H,7H2. The number of Topliss-reactive ketones (excluding diaryl/α,β-unsaturated/α-hetero) is 1. The van der Waals surface area contributed by atoms with Crippen LogP contribution < -0.4 is 4.90 Å². The number of phenolic OH excluding ortho intramolecular Hbond substituents is 1. The lowest BCUT2D eigenvalue weighted by Gasteiger charge is -2.17. The van der Waals surface area contributed by atoms with Crippen LogP contribution in [0.2, 0.25) is 5.02 Å². The molecule has 0 bridgehead atoms. The summed E-state index contributed by atoms with van der Waals surface area (Å²) in [5, 5.41) is 9.29. The van der Waals surface area contributed by atoms with Gasteiger partial charge in [0.1, 0.15) is 11.6 Å². The van der Waals surface area contributed by atoms with Crippen molar-refractivity contribution < 1.29 is 19.1 Å². The van der Waals surface area contributed by atoms with Crippen molar-refractivity contribution in [2.24, 2.45) is 0 Å². The Morgan fingerprint density at radius 1 is 1.10 bits per heavy atom. The number of nitrogens with zero attached hydrogens (tertiary/aromatic N) is 1. The zero-order valence-electron chi connectivity index (χ0n) is 10.6. The number of fused-ring (bicyclic) bond motifs is 1. The Morgan fingerprint density at radius 2 is 1.76 bits per heavy atom. The molecule has 0 aromatic heterocycles. The van der Waals surface area contributed by atoms with Gasteiger partial charge < -0.3 is 5.11 Å². The number of carbonyl (C=O) groups is 2. The van der Waals surface area contributed by atoms with Gasteiger partial charge in [-0.3, -0.25) is 14.5 Å². The van der Waals surface area contributed by atoms with E-state index in [1.807, 2.05) is 0 Å². The van der Waals surface area contributed by atoms with E-state index in [0.29, 0.717) is 5.56 Å². The van der Waals surface area contributed by atoms with Crippen LogP contribution in [0.5, 0.6) is 5.75 Å². The van der Waals surface area contributed by atoms with Crippen LogP contribution in [0.4, 0.5) is 10.1 Å². The second kappa shape index (κ2) is 4.86. The van der Waals surface area contributed by atoms with E-state index in [1.165, 1.54) is 18.2 Å². The van der Waals surface area contributed by atoms with Crippen molar-refractivity contribution in [3.8, 4) is 5.75 Å². The monoisotopic (exact) mass is 305 g/mol. The second-order valence-corrected chi connectivity index (χ2v) is 5.05. The first-order chi connectivity index (χ1) is 9.99. The third-order valence-electron chi connectivity index (χ3n) is 3.29. The summed E-state index contributed by atoms with van der Waals surface area (Å²) >= 11 is 5.89. The third-order valence-corrected chi connectivity index (χ3v) is 3.61. The molecule has 1 heterocycles. The number of carbonyl (C=O) groups excluding carboxylic acids is 2. The van der Waals surface area contributed by atoms with Crippen LogP contribution in [-0.4, -0.2) is 16.8 Å². The van der Waals surface area contributed by atoms with E-state index >= 15 is 0 Å². The summed E-state index contributed by atoms with van der Waals surface area (Å²) < 4.78 is 14.0. The number of rotatable bonds is 2. The minimum absolute atomic E-state index is 0.0229. The smallest absolute Gasteiger partial charge is 0.299 e. The Bertz CT molecular complexity index is 758. The molecule has 2 aromatic carbocycles. The van der Waals surface area contributed by atoms with Crippen molar-refractivity contribution in [1.82, 2.24) is 0 Å². The molecule has 1 aliphatic rings. The largest absolute Gasteiger partial charge is 0.508 e. The quantitative estimate of drug-likeness (QED) is 0.868. The maximum Gasteiger partial charge on any atom is 0.299 e. The van der Waals surface area contributed by atoms with E-state index < -0.39 is 17.5 Å². The van der Waals surface area contributed by atoms with Crippen molar-refractivity contribution in [2.45, 2.75) is 6.54 Å². The van der Waals surface area contributed by atoms with Crippen molar-refractivity contribution in [3.05, 3.63) is 58.4 Å². The molecule has 1 amide bonds. The predicted octanol–water partition coefficient (Wildman–Crippen LogP) is 2.91. The summed E-state index contributed by atoms with van der Waals surface area (Å²) in [6.07, 6.45) is 0. The molecule has 0 unspecified atom stereocenters. The van der Waals surface area contributed by atoms with Gasteiger partial charge in [0, 0.05) is 0 Å². The number of halogens is 2. The highest BCUT2D eigenvalue weighted by Crippen LogP contribution is 2.37. The molecular weight excluding hydrogens is 297 g/mol.